The van der Waals surface area contributed by atoms with Gasteiger partial charge in [0.2, 0.25) is 0 Å². The number of benzene rings is 1. The molecule has 2 aromatic rings. The van der Waals surface area contributed by atoms with Crippen molar-refractivity contribution in [2.45, 2.75) is 32.7 Å². The van der Waals surface area contributed by atoms with Crippen LogP contribution in [-0.2, 0) is 6.54 Å². The molecule has 0 aliphatic carbocycles. The fraction of sp³-hybridized carbons (Fsp3) is 0.333. The van der Waals surface area contributed by atoms with Gasteiger partial charge in [-0.05, 0) is 6.42 Å². The minimum absolute atomic E-state index is 0.526. The summed E-state index contributed by atoms with van der Waals surface area (Å²) in [6.07, 6.45) is 7.20. The summed E-state index contributed by atoms with van der Waals surface area (Å²) < 4.78 is 2.20. The molecule has 88 valence electrons. The number of nitrogens with zero attached hydrogens (tertiary/aromatic N) is 2. The first-order valence-electron chi connectivity index (χ1n) is 6.18. The van der Waals surface area contributed by atoms with E-state index in [4.69, 9.17) is 0 Å². The van der Waals surface area contributed by atoms with Crippen molar-refractivity contribution in [3.05, 3.63) is 60.2 Å². The molecule has 1 aromatic heterocycles. The third kappa shape index (κ3) is 3.13. The molecule has 2 heteroatoms. The van der Waals surface area contributed by atoms with E-state index in [1.807, 2.05) is 18.5 Å². The fourth-order valence-electron chi connectivity index (χ4n) is 1.81. The summed E-state index contributed by atoms with van der Waals surface area (Å²) in [5, 5.41) is 0. The summed E-state index contributed by atoms with van der Waals surface area (Å²) in [6.45, 7) is 5.32. The Labute approximate surface area is 103 Å². The van der Waals surface area contributed by atoms with Gasteiger partial charge in [-0.2, -0.15) is 4.57 Å². The third-order valence-electron chi connectivity index (χ3n) is 3.11. The van der Waals surface area contributed by atoms with Crippen LogP contribution in [0.25, 0.3) is 0 Å². The van der Waals surface area contributed by atoms with Gasteiger partial charge in [-0.25, -0.2) is 4.98 Å². The van der Waals surface area contributed by atoms with Crippen molar-refractivity contribution in [3.63, 3.8) is 0 Å². The average molecular weight is 227 g/mol. The lowest BCUT2D eigenvalue weighted by Crippen LogP contribution is -2.34. The molecule has 17 heavy (non-hydrogen) atoms. The van der Waals surface area contributed by atoms with E-state index in [2.05, 4.69) is 53.9 Å². The predicted molar refractivity (Wildman–Crippen MR) is 68.7 cm³/mol. The molecule has 1 heterocycles. The van der Waals surface area contributed by atoms with Crippen molar-refractivity contribution >= 4 is 0 Å². The summed E-state index contributed by atoms with van der Waals surface area (Å²) in [5.74, 6) is 0.526. The predicted octanol–water partition coefficient (Wildman–Crippen LogP) is 2.93. The van der Waals surface area contributed by atoms with E-state index in [1.54, 1.807) is 0 Å². The molecule has 0 spiro atoms. The Morgan fingerprint density at radius 2 is 2.00 bits per heavy atom. The molecular weight excluding hydrogens is 208 g/mol. The van der Waals surface area contributed by atoms with Crippen LogP contribution in [-0.4, -0.2) is 4.98 Å². The minimum atomic E-state index is 0.526. The maximum absolute atomic E-state index is 4.43. The Hall–Kier alpha value is -1.70. The zero-order chi connectivity index (χ0) is 12.1. The summed E-state index contributed by atoms with van der Waals surface area (Å²) in [7, 11) is 0. The number of hydrogen-bond donors (Lipinski definition) is 0. The molecule has 1 aromatic carbocycles. The smallest absolute Gasteiger partial charge is 0.191 e. The monoisotopic (exact) mass is 227 g/mol. The zero-order valence-electron chi connectivity index (χ0n) is 10.5. The second-order valence-corrected chi connectivity index (χ2v) is 4.45. The van der Waals surface area contributed by atoms with Crippen molar-refractivity contribution in [3.8, 4) is 0 Å². The van der Waals surface area contributed by atoms with E-state index >= 15 is 0 Å². The van der Waals surface area contributed by atoms with Crippen LogP contribution >= 0.6 is 0 Å². The molecule has 2 rings (SSSR count). The molecule has 1 atom stereocenters. The highest BCUT2D eigenvalue weighted by Crippen LogP contribution is 2.13. The quantitative estimate of drug-likeness (QED) is 0.734. The number of aromatic nitrogens is 2. The largest absolute Gasteiger partial charge is 0.249 e. The summed E-state index contributed by atoms with van der Waals surface area (Å²) in [6, 6.07) is 10.5. The van der Waals surface area contributed by atoms with Crippen LogP contribution in [0.2, 0.25) is 0 Å². The highest BCUT2D eigenvalue weighted by molar-refractivity contribution is 5.13. The third-order valence-corrected chi connectivity index (χ3v) is 3.11. The van der Waals surface area contributed by atoms with E-state index in [9.17, 15) is 0 Å². The van der Waals surface area contributed by atoms with Gasteiger partial charge in [0.05, 0.1) is 6.20 Å². The van der Waals surface area contributed by atoms with E-state index in [-0.39, 0.29) is 0 Å². The summed E-state index contributed by atoms with van der Waals surface area (Å²) in [4.78, 5) is 4.43. The van der Waals surface area contributed by atoms with Gasteiger partial charge in [0.1, 0.15) is 5.69 Å². The topological polar surface area (TPSA) is 16.8 Å². The summed E-state index contributed by atoms with van der Waals surface area (Å²) in [5.41, 5.74) is 2.49. The van der Waals surface area contributed by atoms with Crippen molar-refractivity contribution in [2.24, 2.45) is 0 Å². The SMILES string of the molecule is CCC(C)c1c[n+](Cc2ccccc2)ccn1. The second-order valence-electron chi connectivity index (χ2n) is 4.45. The minimum Gasteiger partial charge on any atom is -0.249 e. The molecule has 0 amide bonds. The van der Waals surface area contributed by atoms with Gasteiger partial charge in [-0.15, -0.1) is 0 Å². The molecule has 0 radical (unpaired) electrons. The van der Waals surface area contributed by atoms with Gasteiger partial charge in [0.25, 0.3) is 0 Å². The van der Waals surface area contributed by atoms with Crippen LogP contribution < -0.4 is 4.57 Å². The standard InChI is InChI=1S/C15H19N2/c1-3-13(2)15-12-17(10-9-16-15)11-14-7-5-4-6-8-14/h4-10,12-13H,3,11H2,1-2H3/q+1. The molecule has 0 aliphatic rings. The Kier molecular flexibility index (Phi) is 3.86. The van der Waals surface area contributed by atoms with Crippen LogP contribution in [0.3, 0.4) is 0 Å². The number of rotatable bonds is 4. The van der Waals surface area contributed by atoms with Gasteiger partial charge in [-0.1, -0.05) is 44.2 Å². The Morgan fingerprint density at radius 1 is 1.24 bits per heavy atom. The Balaban J connectivity index is 2.17. The van der Waals surface area contributed by atoms with Crippen molar-refractivity contribution in [1.29, 1.82) is 0 Å². The Bertz CT molecular complexity index is 465. The van der Waals surface area contributed by atoms with E-state index < -0.39 is 0 Å². The lowest BCUT2D eigenvalue weighted by atomic mass is 10.1. The maximum atomic E-state index is 4.43. The molecule has 0 saturated carbocycles. The normalized spacial score (nSPS) is 12.4. The molecule has 1 unspecified atom stereocenters. The van der Waals surface area contributed by atoms with Crippen LogP contribution in [0, 0.1) is 0 Å². The van der Waals surface area contributed by atoms with Crippen molar-refractivity contribution in [1.82, 2.24) is 4.98 Å². The first-order chi connectivity index (χ1) is 8.29. The van der Waals surface area contributed by atoms with E-state index in [0.29, 0.717) is 5.92 Å². The Morgan fingerprint density at radius 3 is 2.71 bits per heavy atom. The van der Waals surface area contributed by atoms with Crippen LogP contribution in [0.5, 0.6) is 0 Å². The van der Waals surface area contributed by atoms with Crippen LogP contribution in [0.15, 0.2) is 48.9 Å². The first-order valence-corrected chi connectivity index (χ1v) is 6.18. The lowest BCUT2D eigenvalue weighted by Gasteiger charge is -2.05. The zero-order valence-corrected chi connectivity index (χ0v) is 10.5. The van der Waals surface area contributed by atoms with Gasteiger partial charge in [0.15, 0.2) is 18.9 Å². The highest BCUT2D eigenvalue weighted by atomic mass is 15.0. The average Bonchev–Trinajstić information content (AvgIpc) is 2.39. The number of hydrogen-bond acceptors (Lipinski definition) is 1. The van der Waals surface area contributed by atoms with E-state index in [1.165, 1.54) is 11.3 Å². The van der Waals surface area contributed by atoms with Crippen molar-refractivity contribution in [2.75, 3.05) is 0 Å². The molecular formula is C15H19N2+. The molecule has 2 nitrogen and oxygen atoms in total. The van der Waals surface area contributed by atoms with Gasteiger partial charge < -0.3 is 0 Å². The lowest BCUT2D eigenvalue weighted by molar-refractivity contribution is -0.689. The van der Waals surface area contributed by atoms with Crippen molar-refractivity contribution < 1.29 is 4.57 Å². The van der Waals surface area contributed by atoms with Crippen LogP contribution in [0.4, 0.5) is 0 Å². The maximum Gasteiger partial charge on any atom is 0.191 e. The van der Waals surface area contributed by atoms with E-state index in [0.717, 1.165) is 13.0 Å². The van der Waals surface area contributed by atoms with Gasteiger partial charge >= 0.3 is 0 Å². The molecule has 0 N–H and O–H groups in total. The highest BCUT2D eigenvalue weighted by Gasteiger charge is 2.10. The fourth-order valence-corrected chi connectivity index (χ4v) is 1.81. The summed E-state index contributed by atoms with van der Waals surface area (Å²) >= 11 is 0. The molecule has 0 aliphatic heterocycles. The molecule has 0 saturated heterocycles. The van der Waals surface area contributed by atoms with Gasteiger partial charge in [0, 0.05) is 11.5 Å². The molecule has 0 bridgehead atoms. The van der Waals surface area contributed by atoms with Gasteiger partial charge in [-0.3, -0.25) is 0 Å². The first kappa shape index (κ1) is 11.8. The second kappa shape index (κ2) is 5.58. The van der Waals surface area contributed by atoms with Crippen LogP contribution in [0.1, 0.15) is 37.4 Å². The molecule has 0 fully saturated rings.